The molecule has 0 fully saturated rings. The van der Waals surface area contributed by atoms with Crippen LogP contribution in [0.3, 0.4) is 0 Å². The van der Waals surface area contributed by atoms with Crippen LogP contribution in [0, 0.1) is 12.7 Å². The predicted octanol–water partition coefficient (Wildman–Crippen LogP) is 4.08. The van der Waals surface area contributed by atoms with Crippen LogP contribution in [0.25, 0.3) is 10.9 Å². The Balaban J connectivity index is 2.08. The first kappa shape index (κ1) is 14.1. The zero-order valence-corrected chi connectivity index (χ0v) is 12.2. The van der Waals surface area contributed by atoms with Gasteiger partial charge in [0.25, 0.3) is 0 Å². The average molecular weight is 298 g/mol. The summed E-state index contributed by atoms with van der Waals surface area (Å²) in [5, 5.41) is 10.6. The van der Waals surface area contributed by atoms with Crippen LogP contribution in [0.2, 0.25) is 0 Å². The number of ether oxygens (including phenoxy) is 1. The molecule has 0 bridgehead atoms. The molecular formula is C17H15FN2O2. The van der Waals surface area contributed by atoms with Crippen molar-refractivity contribution < 1.29 is 14.2 Å². The van der Waals surface area contributed by atoms with E-state index in [1.54, 1.807) is 13.2 Å². The van der Waals surface area contributed by atoms with Gasteiger partial charge >= 0.3 is 0 Å². The number of H-pyrrole nitrogens is 1. The number of aliphatic imine (C=N–C) groups is 1. The standard InChI is InChI=1S/C17H15FN2O2/c1-10-3-6-16(22-2)15(7-10)19-9-13-12-8-11(18)4-5-14(12)20-17(13)21/h3-9,20-21H,1-2H3. The normalized spacial score (nSPS) is 11.4. The minimum Gasteiger partial charge on any atom is -0.494 e. The van der Waals surface area contributed by atoms with Gasteiger partial charge in [-0.25, -0.2) is 4.39 Å². The van der Waals surface area contributed by atoms with Gasteiger partial charge in [0.1, 0.15) is 17.3 Å². The molecule has 0 aliphatic rings. The third-order valence-electron chi connectivity index (χ3n) is 3.45. The number of methoxy groups -OCH3 is 1. The van der Waals surface area contributed by atoms with Crippen molar-refractivity contribution in [1.82, 2.24) is 4.98 Å². The number of aromatic nitrogens is 1. The second-order valence-electron chi connectivity index (χ2n) is 5.01. The maximum atomic E-state index is 13.4. The molecule has 2 aromatic carbocycles. The highest BCUT2D eigenvalue weighted by Gasteiger charge is 2.10. The van der Waals surface area contributed by atoms with Crippen LogP contribution in [0.4, 0.5) is 10.1 Å². The number of nitrogens with one attached hydrogen (secondary N) is 1. The Bertz CT molecular complexity index is 868. The Kier molecular flexibility index (Phi) is 3.55. The maximum absolute atomic E-state index is 13.4. The summed E-state index contributed by atoms with van der Waals surface area (Å²) in [4.78, 5) is 7.17. The van der Waals surface area contributed by atoms with Crippen molar-refractivity contribution in [1.29, 1.82) is 0 Å². The minimum absolute atomic E-state index is 0.0454. The molecule has 1 heterocycles. The van der Waals surface area contributed by atoms with Gasteiger partial charge in [0.05, 0.1) is 12.7 Å². The van der Waals surface area contributed by atoms with Crippen LogP contribution in [0.1, 0.15) is 11.1 Å². The fourth-order valence-corrected chi connectivity index (χ4v) is 2.34. The van der Waals surface area contributed by atoms with E-state index in [1.165, 1.54) is 18.3 Å². The molecule has 112 valence electrons. The van der Waals surface area contributed by atoms with E-state index in [2.05, 4.69) is 9.98 Å². The highest BCUT2D eigenvalue weighted by Crippen LogP contribution is 2.30. The zero-order chi connectivity index (χ0) is 15.7. The Labute approximate surface area is 126 Å². The summed E-state index contributed by atoms with van der Waals surface area (Å²) in [6, 6.07) is 9.91. The Hall–Kier alpha value is -2.82. The van der Waals surface area contributed by atoms with Crippen molar-refractivity contribution in [2.45, 2.75) is 6.92 Å². The van der Waals surface area contributed by atoms with E-state index in [1.807, 2.05) is 25.1 Å². The molecular weight excluding hydrogens is 283 g/mol. The number of aryl methyl sites for hydroxylation is 1. The smallest absolute Gasteiger partial charge is 0.198 e. The lowest BCUT2D eigenvalue weighted by molar-refractivity contribution is 0.416. The molecule has 0 amide bonds. The van der Waals surface area contributed by atoms with Crippen molar-refractivity contribution in [3.63, 3.8) is 0 Å². The zero-order valence-electron chi connectivity index (χ0n) is 12.2. The molecule has 1 aromatic heterocycles. The number of hydrogen-bond donors (Lipinski definition) is 2. The Morgan fingerprint density at radius 3 is 2.82 bits per heavy atom. The molecule has 0 radical (unpaired) electrons. The lowest BCUT2D eigenvalue weighted by Gasteiger charge is -2.04. The second kappa shape index (κ2) is 5.52. The number of halogens is 1. The molecule has 22 heavy (non-hydrogen) atoms. The molecule has 0 saturated heterocycles. The Morgan fingerprint density at radius 2 is 2.05 bits per heavy atom. The molecule has 4 nitrogen and oxygen atoms in total. The fourth-order valence-electron chi connectivity index (χ4n) is 2.34. The van der Waals surface area contributed by atoms with Gasteiger partial charge in [-0.2, -0.15) is 0 Å². The van der Waals surface area contributed by atoms with Gasteiger partial charge in [0.2, 0.25) is 0 Å². The highest BCUT2D eigenvalue weighted by molar-refractivity contribution is 6.02. The van der Waals surface area contributed by atoms with Gasteiger partial charge < -0.3 is 14.8 Å². The van der Waals surface area contributed by atoms with Gasteiger partial charge in [0, 0.05) is 17.1 Å². The monoisotopic (exact) mass is 298 g/mol. The number of aromatic hydroxyl groups is 1. The largest absolute Gasteiger partial charge is 0.494 e. The number of nitrogens with zero attached hydrogens (tertiary/aromatic N) is 1. The first-order valence-electron chi connectivity index (χ1n) is 6.77. The molecule has 0 spiro atoms. The molecule has 2 N–H and O–H groups in total. The van der Waals surface area contributed by atoms with Crippen LogP contribution in [0.5, 0.6) is 11.6 Å². The van der Waals surface area contributed by atoms with E-state index in [4.69, 9.17) is 4.74 Å². The first-order chi connectivity index (χ1) is 10.6. The van der Waals surface area contributed by atoms with Crippen molar-refractivity contribution >= 4 is 22.8 Å². The molecule has 0 aliphatic heterocycles. The van der Waals surface area contributed by atoms with Gasteiger partial charge in [-0.3, -0.25) is 4.99 Å². The van der Waals surface area contributed by atoms with E-state index >= 15 is 0 Å². The van der Waals surface area contributed by atoms with Crippen LogP contribution in [-0.2, 0) is 0 Å². The van der Waals surface area contributed by atoms with Crippen LogP contribution >= 0.6 is 0 Å². The number of rotatable bonds is 3. The molecule has 0 aliphatic carbocycles. The van der Waals surface area contributed by atoms with Crippen molar-refractivity contribution in [3.8, 4) is 11.6 Å². The maximum Gasteiger partial charge on any atom is 0.198 e. The summed E-state index contributed by atoms with van der Waals surface area (Å²) in [5.41, 5.74) is 2.78. The summed E-state index contributed by atoms with van der Waals surface area (Å²) in [7, 11) is 1.57. The van der Waals surface area contributed by atoms with E-state index in [0.29, 0.717) is 27.9 Å². The molecule has 0 saturated carbocycles. The van der Waals surface area contributed by atoms with Crippen LogP contribution in [0.15, 0.2) is 41.4 Å². The minimum atomic E-state index is -0.366. The third-order valence-corrected chi connectivity index (χ3v) is 3.45. The number of aromatic amines is 1. The van der Waals surface area contributed by atoms with E-state index in [0.717, 1.165) is 5.56 Å². The molecule has 3 rings (SSSR count). The number of hydrogen-bond acceptors (Lipinski definition) is 3. The van der Waals surface area contributed by atoms with Gasteiger partial charge in [0.15, 0.2) is 5.88 Å². The van der Waals surface area contributed by atoms with Gasteiger partial charge in [-0.15, -0.1) is 0 Å². The lowest BCUT2D eigenvalue weighted by Crippen LogP contribution is -1.85. The quantitative estimate of drug-likeness (QED) is 0.716. The highest BCUT2D eigenvalue weighted by atomic mass is 19.1. The van der Waals surface area contributed by atoms with Crippen LogP contribution in [-0.4, -0.2) is 23.4 Å². The SMILES string of the molecule is COc1ccc(C)cc1N=Cc1c(O)[nH]c2ccc(F)cc12. The average Bonchev–Trinajstić information content (AvgIpc) is 2.80. The van der Waals surface area contributed by atoms with Gasteiger partial charge in [-0.05, 0) is 42.8 Å². The summed E-state index contributed by atoms with van der Waals surface area (Å²) in [6.07, 6.45) is 1.50. The predicted molar refractivity (Wildman–Crippen MR) is 84.9 cm³/mol. The summed E-state index contributed by atoms with van der Waals surface area (Å²) in [6.45, 7) is 1.96. The van der Waals surface area contributed by atoms with Crippen molar-refractivity contribution in [2.24, 2.45) is 4.99 Å². The lowest BCUT2D eigenvalue weighted by atomic mass is 10.1. The topological polar surface area (TPSA) is 57.6 Å². The van der Waals surface area contributed by atoms with E-state index in [-0.39, 0.29) is 11.7 Å². The summed E-state index contributed by atoms with van der Waals surface area (Å²) < 4.78 is 18.7. The van der Waals surface area contributed by atoms with Crippen LogP contribution < -0.4 is 4.74 Å². The first-order valence-corrected chi connectivity index (χ1v) is 6.77. The third kappa shape index (κ3) is 2.53. The fraction of sp³-hybridized carbons (Fsp3) is 0.118. The Morgan fingerprint density at radius 1 is 1.23 bits per heavy atom. The van der Waals surface area contributed by atoms with Gasteiger partial charge in [-0.1, -0.05) is 6.07 Å². The van der Waals surface area contributed by atoms with Crippen molar-refractivity contribution in [3.05, 3.63) is 53.3 Å². The molecule has 3 aromatic rings. The summed E-state index contributed by atoms with van der Waals surface area (Å²) >= 11 is 0. The molecule has 0 atom stereocenters. The summed E-state index contributed by atoms with van der Waals surface area (Å²) in [5.74, 6) is 0.220. The second-order valence-corrected chi connectivity index (χ2v) is 5.01. The van der Waals surface area contributed by atoms with E-state index in [9.17, 15) is 9.50 Å². The van der Waals surface area contributed by atoms with E-state index < -0.39 is 0 Å². The molecule has 0 unspecified atom stereocenters. The van der Waals surface area contributed by atoms with Crippen molar-refractivity contribution in [2.75, 3.05) is 7.11 Å². The number of benzene rings is 2. The number of fused-ring (bicyclic) bond motifs is 1. The molecule has 5 heteroatoms.